The monoisotopic (exact) mass is 198 g/mol. The van der Waals surface area contributed by atoms with Gasteiger partial charge in [-0.1, -0.05) is 13.8 Å². The van der Waals surface area contributed by atoms with Crippen molar-refractivity contribution in [2.45, 2.75) is 26.3 Å². The fourth-order valence-corrected chi connectivity index (χ4v) is 2.25. The Hall–Kier alpha value is -0.120. The van der Waals surface area contributed by atoms with Crippen LogP contribution < -0.4 is 10.6 Å². The zero-order valence-electron chi connectivity index (χ0n) is 9.31. The second-order valence-corrected chi connectivity index (χ2v) is 5.26. The second kappa shape index (κ2) is 4.17. The van der Waals surface area contributed by atoms with Crippen LogP contribution in [0, 0.1) is 11.3 Å². The summed E-state index contributed by atoms with van der Waals surface area (Å²) in [7, 11) is 0. The van der Waals surface area contributed by atoms with Crippen molar-refractivity contribution in [3.05, 3.63) is 0 Å². The van der Waals surface area contributed by atoms with Gasteiger partial charge in [0.2, 0.25) is 0 Å². The van der Waals surface area contributed by atoms with E-state index in [9.17, 15) is 0 Å². The summed E-state index contributed by atoms with van der Waals surface area (Å²) in [5.74, 6) is 0.758. The largest absolute Gasteiger partial charge is 0.380 e. The average Bonchev–Trinajstić information content (AvgIpc) is 2.14. The lowest BCUT2D eigenvalue weighted by Crippen LogP contribution is -2.53. The highest BCUT2D eigenvalue weighted by Gasteiger charge is 2.34. The van der Waals surface area contributed by atoms with Gasteiger partial charge in [-0.2, -0.15) is 0 Å². The maximum Gasteiger partial charge on any atom is 0.0554 e. The van der Waals surface area contributed by atoms with Crippen LogP contribution in [0.1, 0.15) is 20.3 Å². The van der Waals surface area contributed by atoms with Gasteiger partial charge in [-0.25, -0.2) is 0 Å². The van der Waals surface area contributed by atoms with E-state index in [0.29, 0.717) is 11.5 Å². The van der Waals surface area contributed by atoms with Gasteiger partial charge in [0.25, 0.3) is 0 Å². The van der Waals surface area contributed by atoms with E-state index in [4.69, 9.17) is 4.74 Å². The predicted octanol–water partition coefficient (Wildman–Crippen LogP) is 0.610. The van der Waals surface area contributed by atoms with Gasteiger partial charge in [-0.15, -0.1) is 0 Å². The number of piperidine rings is 1. The molecule has 2 aliphatic rings. The topological polar surface area (TPSA) is 33.3 Å². The normalized spacial score (nSPS) is 36.4. The molecule has 0 aliphatic carbocycles. The highest BCUT2D eigenvalue weighted by molar-refractivity contribution is 4.87. The van der Waals surface area contributed by atoms with Crippen LogP contribution in [-0.4, -0.2) is 38.9 Å². The van der Waals surface area contributed by atoms with E-state index in [1.165, 1.54) is 6.42 Å². The van der Waals surface area contributed by atoms with E-state index in [0.717, 1.165) is 38.8 Å². The van der Waals surface area contributed by atoms with E-state index in [1.807, 2.05) is 0 Å². The maximum atomic E-state index is 5.25. The molecule has 3 heteroatoms. The lowest BCUT2D eigenvalue weighted by atomic mass is 9.87. The number of rotatable bonds is 3. The molecule has 2 unspecified atom stereocenters. The minimum Gasteiger partial charge on any atom is -0.380 e. The van der Waals surface area contributed by atoms with E-state index in [-0.39, 0.29) is 0 Å². The molecule has 0 bridgehead atoms. The molecule has 0 saturated carbocycles. The van der Waals surface area contributed by atoms with Crippen molar-refractivity contribution in [1.82, 2.24) is 10.6 Å². The van der Waals surface area contributed by atoms with Gasteiger partial charge >= 0.3 is 0 Å². The maximum absolute atomic E-state index is 5.25. The highest BCUT2D eigenvalue weighted by Crippen LogP contribution is 2.26. The fraction of sp³-hybridized carbons (Fsp3) is 1.00. The Labute approximate surface area is 86.6 Å². The first-order valence-corrected chi connectivity index (χ1v) is 5.71. The summed E-state index contributed by atoms with van der Waals surface area (Å²) in [6.07, 6.45) is 1.26. The number of nitrogens with one attached hydrogen (secondary N) is 2. The van der Waals surface area contributed by atoms with Crippen molar-refractivity contribution in [3.8, 4) is 0 Å². The highest BCUT2D eigenvalue weighted by atomic mass is 16.5. The Bertz CT molecular complexity index is 192. The first-order chi connectivity index (χ1) is 6.70. The molecule has 2 fully saturated rings. The van der Waals surface area contributed by atoms with Gasteiger partial charge in [0.15, 0.2) is 0 Å². The van der Waals surface area contributed by atoms with Crippen molar-refractivity contribution in [1.29, 1.82) is 0 Å². The number of ether oxygens (including phenoxy) is 1. The zero-order chi connectivity index (χ0) is 10.0. The third-order valence-electron chi connectivity index (χ3n) is 3.48. The Balaban J connectivity index is 1.73. The molecule has 14 heavy (non-hydrogen) atoms. The molecule has 0 spiro atoms. The van der Waals surface area contributed by atoms with Crippen LogP contribution in [0.15, 0.2) is 0 Å². The van der Waals surface area contributed by atoms with Gasteiger partial charge < -0.3 is 15.4 Å². The molecule has 3 nitrogen and oxygen atoms in total. The molecule has 2 heterocycles. The summed E-state index contributed by atoms with van der Waals surface area (Å²) in [5, 5.41) is 7.12. The molecule has 0 aromatic heterocycles. The van der Waals surface area contributed by atoms with Crippen molar-refractivity contribution in [3.63, 3.8) is 0 Å². The Kier molecular flexibility index (Phi) is 3.10. The minimum atomic E-state index is 0.407. The van der Waals surface area contributed by atoms with E-state index >= 15 is 0 Å². The van der Waals surface area contributed by atoms with Crippen LogP contribution in [0.4, 0.5) is 0 Å². The van der Waals surface area contributed by atoms with E-state index in [2.05, 4.69) is 24.5 Å². The summed E-state index contributed by atoms with van der Waals surface area (Å²) < 4.78 is 5.25. The molecule has 0 radical (unpaired) electrons. The zero-order valence-corrected chi connectivity index (χ0v) is 9.31. The Morgan fingerprint density at radius 1 is 1.50 bits per heavy atom. The van der Waals surface area contributed by atoms with Crippen molar-refractivity contribution in [2.24, 2.45) is 11.3 Å². The first kappa shape index (κ1) is 10.4. The quantitative estimate of drug-likeness (QED) is 0.697. The van der Waals surface area contributed by atoms with Crippen LogP contribution in [-0.2, 0) is 4.74 Å². The molecule has 2 aliphatic heterocycles. The third kappa shape index (κ3) is 2.27. The minimum absolute atomic E-state index is 0.407. The van der Waals surface area contributed by atoms with Crippen LogP contribution in [0.25, 0.3) is 0 Å². The average molecular weight is 198 g/mol. The first-order valence-electron chi connectivity index (χ1n) is 5.71. The lowest BCUT2D eigenvalue weighted by molar-refractivity contribution is -0.101. The van der Waals surface area contributed by atoms with Crippen LogP contribution >= 0.6 is 0 Å². The summed E-state index contributed by atoms with van der Waals surface area (Å²) in [5.41, 5.74) is 0.407. The summed E-state index contributed by atoms with van der Waals surface area (Å²) in [4.78, 5) is 0. The Morgan fingerprint density at radius 2 is 2.29 bits per heavy atom. The number of hydrogen-bond donors (Lipinski definition) is 2. The van der Waals surface area contributed by atoms with E-state index in [1.54, 1.807) is 0 Å². The molecule has 2 rings (SSSR count). The molecular formula is C11H22N2O. The van der Waals surface area contributed by atoms with Gasteiger partial charge in [0, 0.05) is 18.0 Å². The van der Waals surface area contributed by atoms with Gasteiger partial charge in [-0.05, 0) is 25.4 Å². The second-order valence-electron chi connectivity index (χ2n) is 5.26. The molecule has 0 aromatic rings. The third-order valence-corrected chi connectivity index (χ3v) is 3.48. The summed E-state index contributed by atoms with van der Waals surface area (Å²) in [6, 6.07) is 0.702. The van der Waals surface area contributed by atoms with Crippen LogP contribution in [0.2, 0.25) is 0 Å². The van der Waals surface area contributed by atoms with E-state index < -0.39 is 0 Å². The molecule has 2 saturated heterocycles. The van der Waals surface area contributed by atoms with Crippen molar-refractivity contribution < 1.29 is 4.74 Å². The van der Waals surface area contributed by atoms with Gasteiger partial charge in [-0.3, -0.25) is 0 Å². The number of hydrogen-bond acceptors (Lipinski definition) is 3. The van der Waals surface area contributed by atoms with Gasteiger partial charge in [0.05, 0.1) is 13.2 Å². The molecule has 2 atom stereocenters. The summed E-state index contributed by atoms with van der Waals surface area (Å²) >= 11 is 0. The van der Waals surface area contributed by atoms with Crippen molar-refractivity contribution in [2.75, 3.05) is 32.8 Å². The molecule has 82 valence electrons. The molecule has 0 amide bonds. The van der Waals surface area contributed by atoms with Crippen LogP contribution in [0.3, 0.4) is 0 Å². The molecule has 2 N–H and O–H groups in total. The lowest BCUT2D eigenvalue weighted by Gasteiger charge is -2.41. The van der Waals surface area contributed by atoms with Gasteiger partial charge in [0.1, 0.15) is 0 Å². The summed E-state index contributed by atoms with van der Waals surface area (Å²) in [6.45, 7) is 9.92. The fourth-order valence-electron chi connectivity index (χ4n) is 2.25. The predicted molar refractivity (Wildman–Crippen MR) is 57.4 cm³/mol. The molecule has 0 aromatic carbocycles. The van der Waals surface area contributed by atoms with Crippen LogP contribution in [0.5, 0.6) is 0 Å². The SMILES string of the molecule is CC1CNCCC1NCC1(C)COC1. The van der Waals surface area contributed by atoms with Crippen molar-refractivity contribution >= 4 is 0 Å². The molecular weight excluding hydrogens is 176 g/mol. The smallest absolute Gasteiger partial charge is 0.0554 e. The Morgan fingerprint density at radius 3 is 2.86 bits per heavy atom. The standard InChI is InChI=1S/C11H22N2O/c1-9-5-12-4-3-10(9)13-6-11(2)7-14-8-11/h9-10,12-13H,3-8H2,1-2H3.